The number of amides is 1. The average molecular weight is 280 g/mol. The zero-order valence-corrected chi connectivity index (χ0v) is 12.0. The molecule has 4 N–H and O–H groups in total. The Morgan fingerprint density at radius 3 is 2.75 bits per heavy atom. The second kappa shape index (κ2) is 9.20. The molecule has 0 spiro atoms. The number of para-hydroxylation sites is 1. The van der Waals surface area contributed by atoms with Gasteiger partial charge in [-0.15, -0.1) is 0 Å². The van der Waals surface area contributed by atoms with Crippen molar-refractivity contribution in [3.63, 3.8) is 0 Å². The molecule has 0 atom stereocenters. The van der Waals surface area contributed by atoms with E-state index in [1.54, 1.807) is 18.2 Å². The molecule has 0 radical (unpaired) electrons. The van der Waals surface area contributed by atoms with Crippen LogP contribution in [-0.2, 0) is 0 Å². The first-order valence-corrected chi connectivity index (χ1v) is 7.11. The largest absolute Gasteiger partial charge is 0.491 e. The van der Waals surface area contributed by atoms with Crippen molar-refractivity contribution in [1.29, 1.82) is 0 Å². The maximum atomic E-state index is 12.1. The second-order valence-electron chi connectivity index (χ2n) is 4.55. The van der Waals surface area contributed by atoms with Gasteiger partial charge in [-0.1, -0.05) is 18.9 Å². The summed E-state index contributed by atoms with van der Waals surface area (Å²) in [4.78, 5) is 12.1. The van der Waals surface area contributed by atoms with Crippen LogP contribution in [0.5, 0.6) is 5.75 Å². The lowest BCUT2D eigenvalue weighted by Gasteiger charge is -2.12. The number of carbonyl (C=O) groups excluding carboxylic acids is 1. The molecule has 112 valence electrons. The van der Waals surface area contributed by atoms with Crippen LogP contribution in [-0.4, -0.2) is 30.8 Å². The third-order valence-corrected chi connectivity index (χ3v) is 2.95. The predicted octanol–water partition coefficient (Wildman–Crippen LogP) is 1.95. The van der Waals surface area contributed by atoms with Crippen LogP contribution in [0.4, 0.5) is 5.69 Å². The van der Waals surface area contributed by atoms with Crippen molar-refractivity contribution in [1.82, 2.24) is 5.32 Å². The highest BCUT2D eigenvalue weighted by Gasteiger charge is 2.14. The van der Waals surface area contributed by atoms with Crippen molar-refractivity contribution in [2.45, 2.75) is 32.6 Å². The van der Waals surface area contributed by atoms with Crippen molar-refractivity contribution in [3.05, 3.63) is 23.8 Å². The second-order valence-corrected chi connectivity index (χ2v) is 4.55. The smallest absolute Gasteiger partial charge is 0.255 e. The minimum atomic E-state index is -0.164. The Kier molecular flexibility index (Phi) is 7.50. The molecule has 0 aliphatic heterocycles. The molecule has 1 rings (SSSR count). The monoisotopic (exact) mass is 280 g/mol. The molecule has 0 aromatic heterocycles. The Hall–Kier alpha value is -1.75. The molecule has 0 aliphatic rings. The molecule has 1 amide bonds. The quantitative estimate of drug-likeness (QED) is 0.477. The molecular weight excluding hydrogens is 256 g/mol. The summed E-state index contributed by atoms with van der Waals surface area (Å²) in [6, 6.07) is 5.17. The summed E-state index contributed by atoms with van der Waals surface area (Å²) in [6.07, 6.45) is 3.70. The minimum Gasteiger partial charge on any atom is -0.491 e. The van der Waals surface area contributed by atoms with Crippen molar-refractivity contribution < 1.29 is 14.6 Å². The Morgan fingerprint density at radius 1 is 1.30 bits per heavy atom. The van der Waals surface area contributed by atoms with Gasteiger partial charge < -0.3 is 20.9 Å². The maximum absolute atomic E-state index is 12.1. The number of ether oxygens (including phenoxy) is 1. The Labute approximate surface area is 120 Å². The fraction of sp³-hybridized carbons (Fsp3) is 0.533. The van der Waals surface area contributed by atoms with Gasteiger partial charge in [0.25, 0.3) is 5.91 Å². The van der Waals surface area contributed by atoms with Crippen molar-refractivity contribution >= 4 is 11.6 Å². The number of nitrogens with one attached hydrogen (secondary N) is 1. The molecule has 1 aromatic rings. The van der Waals surface area contributed by atoms with E-state index in [-0.39, 0.29) is 12.5 Å². The third kappa shape index (κ3) is 5.09. The lowest BCUT2D eigenvalue weighted by molar-refractivity contribution is 0.0949. The van der Waals surface area contributed by atoms with Crippen molar-refractivity contribution in [2.24, 2.45) is 0 Å². The van der Waals surface area contributed by atoms with E-state index in [0.29, 0.717) is 30.2 Å². The summed E-state index contributed by atoms with van der Waals surface area (Å²) >= 11 is 0. The normalized spacial score (nSPS) is 10.3. The number of hydrogen-bond donors (Lipinski definition) is 3. The number of carbonyl (C=O) groups is 1. The van der Waals surface area contributed by atoms with E-state index in [1.807, 2.05) is 6.92 Å². The van der Waals surface area contributed by atoms with Crippen LogP contribution in [0.25, 0.3) is 0 Å². The van der Waals surface area contributed by atoms with Gasteiger partial charge in [0, 0.05) is 13.2 Å². The van der Waals surface area contributed by atoms with Gasteiger partial charge in [0.1, 0.15) is 0 Å². The number of benzene rings is 1. The highest BCUT2D eigenvalue weighted by molar-refractivity contribution is 5.98. The van der Waals surface area contributed by atoms with Gasteiger partial charge in [0.15, 0.2) is 5.75 Å². The molecule has 0 aliphatic carbocycles. The first-order valence-electron chi connectivity index (χ1n) is 7.11. The summed E-state index contributed by atoms with van der Waals surface area (Å²) in [5, 5.41) is 11.5. The Bertz CT molecular complexity index is 422. The first-order chi connectivity index (χ1) is 9.70. The first kappa shape index (κ1) is 16.3. The number of aliphatic hydroxyl groups excluding tert-OH is 1. The van der Waals surface area contributed by atoms with E-state index in [1.165, 1.54) is 0 Å². The Balaban J connectivity index is 2.49. The van der Waals surface area contributed by atoms with Crippen LogP contribution in [0, 0.1) is 0 Å². The van der Waals surface area contributed by atoms with E-state index in [9.17, 15) is 4.79 Å². The van der Waals surface area contributed by atoms with Crippen LogP contribution >= 0.6 is 0 Å². The van der Waals surface area contributed by atoms with Gasteiger partial charge >= 0.3 is 0 Å². The number of hydrogen-bond acceptors (Lipinski definition) is 4. The maximum Gasteiger partial charge on any atom is 0.255 e. The van der Waals surface area contributed by atoms with Crippen LogP contribution in [0.15, 0.2) is 18.2 Å². The molecule has 0 heterocycles. The Morgan fingerprint density at radius 2 is 2.05 bits per heavy atom. The van der Waals surface area contributed by atoms with E-state index in [2.05, 4.69) is 5.32 Å². The molecule has 0 saturated carbocycles. The van der Waals surface area contributed by atoms with Crippen LogP contribution in [0.2, 0.25) is 0 Å². The highest BCUT2D eigenvalue weighted by atomic mass is 16.5. The molecule has 0 fully saturated rings. The summed E-state index contributed by atoms with van der Waals surface area (Å²) in [7, 11) is 0. The predicted molar refractivity (Wildman–Crippen MR) is 79.9 cm³/mol. The molecule has 5 nitrogen and oxygen atoms in total. The fourth-order valence-electron chi connectivity index (χ4n) is 1.93. The zero-order chi connectivity index (χ0) is 14.8. The summed E-state index contributed by atoms with van der Waals surface area (Å²) in [5.41, 5.74) is 6.78. The molecule has 0 unspecified atom stereocenters. The van der Waals surface area contributed by atoms with Gasteiger partial charge in [0.05, 0.1) is 17.9 Å². The molecule has 20 heavy (non-hydrogen) atoms. The van der Waals surface area contributed by atoms with Crippen molar-refractivity contribution in [2.75, 3.05) is 25.5 Å². The van der Waals surface area contributed by atoms with E-state index < -0.39 is 0 Å². The lowest BCUT2D eigenvalue weighted by atomic mass is 10.1. The lowest BCUT2D eigenvalue weighted by Crippen LogP contribution is -2.25. The summed E-state index contributed by atoms with van der Waals surface area (Å²) in [6.45, 7) is 3.17. The molecule has 1 aromatic carbocycles. The molecular formula is C15H24N2O3. The van der Waals surface area contributed by atoms with E-state index in [4.69, 9.17) is 15.6 Å². The van der Waals surface area contributed by atoms with Gasteiger partial charge in [-0.3, -0.25) is 4.79 Å². The standard InChI is InChI=1S/C15H24N2O3/c1-2-20-14-12(8-7-9-13(14)16)15(19)17-10-5-3-4-6-11-18/h7-9,18H,2-6,10-11,16H2,1H3,(H,17,19). The van der Waals surface area contributed by atoms with Crippen LogP contribution < -0.4 is 15.8 Å². The topological polar surface area (TPSA) is 84.6 Å². The van der Waals surface area contributed by atoms with E-state index >= 15 is 0 Å². The van der Waals surface area contributed by atoms with E-state index in [0.717, 1.165) is 25.7 Å². The van der Waals surface area contributed by atoms with Gasteiger partial charge in [0.2, 0.25) is 0 Å². The third-order valence-electron chi connectivity index (χ3n) is 2.95. The number of nitrogens with two attached hydrogens (primary N) is 1. The summed E-state index contributed by atoms with van der Waals surface area (Å²) in [5.74, 6) is 0.288. The van der Waals surface area contributed by atoms with Gasteiger partial charge in [-0.05, 0) is 31.9 Å². The zero-order valence-electron chi connectivity index (χ0n) is 12.0. The van der Waals surface area contributed by atoms with Gasteiger partial charge in [-0.25, -0.2) is 0 Å². The highest BCUT2D eigenvalue weighted by Crippen LogP contribution is 2.26. The minimum absolute atomic E-state index is 0.164. The molecule has 0 saturated heterocycles. The number of aliphatic hydroxyl groups is 1. The average Bonchev–Trinajstić information content (AvgIpc) is 2.45. The molecule has 0 bridgehead atoms. The molecule has 5 heteroatoms. The fourth-order valence-corrected chi connectivity index (χ4v) is 1.93. The van der Waals surface area contributed by atoms with Gasteiger partial charge in [-0.2, -0.15) is 0 Å². The van der Waals surface area contributed by atoms with Crippen LogP contribution in [0.3, 0.4) is 0 Å². The summed E-state index contributed by atoms with van der Waals surface area (Å²) < 4.78 is 5.43. The SMILES string of the molecule is CCOc1c(N)cccc1C(=O)NCCCCCCO. The van der Waals surface area contributed by atoms with Crippen LogP contribution in [0.1, 0.15) is 43.0 Å². The number of nitrogen functional groups attached to an aromatic ring is 1. The van der Waals surface area contributed by atoms with Crippen molar-refractivity contribution in [3.8, 4) is 5.75 Å². The number of anilines is 1. The number of unbranched alkanes of at least 4 members (excludes halogenated alkanes) is 3. The number of rotatable bonds is 9.